The van der Waals surface area contributed by atoms with Gasteiger partial charge >= 0.3 is 0 Å². The quantitative estimate of drug-likeness (QED) is 0.596. The van der Waals surface area contributed by atoms with E-state index in [1.165, 1.54) is 0 Å². The van der Waals surface area contributed by atoms with Gasteiger partial charge in [-0.25, -0.2) is 0 Å². The Hall–Kier alpha value is -0.280. The molecule has 0 spiro atoms. The fourth-order valence-corrected chi connectivity index (χ4v) is 2.09. The molecule has 0 aliphatic carbocycles. The first-order valence-corrected chi connectivity index (χ1v) is 4.81. The highest BCUT2D eigenvalue weighted by atomic mass is 35.5. The molecule has 2 heterocycles. The Kier molecular flexibility index (Phi) is 2.24. The highest BCUT2D eigenvalue weighted by Gasteiger charge is 2.40. The smallest absolute Gasteiger partial charge is 0.224 e. The number of amides is 1. The fraction of sp³-hybridized carbons (Fsp3) is 0.875. The van der Waals surface area contributed by atoms with E-state index in [9.17, 15) is 4.79 Å². The molecule has 2 atom stereocenters. The van der Waals surface area contributed by atoms with Gasteiger partial charge in [0, 0.05) is 18.8 Å². The van der Waals surface area contributed by atoms with Crippen molar-refractivity contribution >= 4 is 17.5 Å². The zero-order valence-corrected chi connectivity index (χ0v) is 7.59. The van der Waals surface area contributed by atoms with Crippen LogP contribution in [0.5, 0.6) is 0 Å². The van der Waals surface area contributed by atoms with E-state index in [0.29, 0.717) is 24.4 Å². The van der Waals surface area contributed by atoms with Gasteiger partial charge < -0.3 is 9.64 Å². The van der Waals surface area contributed by atoms with Crippen LogP contribution in [-0.4, -0.2) is 42.0 Å². The van der Waals surface area contributed by atoms with Crippen molar-refractivity contribution in [2.45, 2.75) is 25.0 Å². The van der Waals surface area contributed by atoms with E-state index < -0.39 is 0 Å². The van der Waals surface area contributed by atoms with Crippen molar-refractivity contribution in [2.75, 3.05) is 19.0 Å². The van der Waals surface area contributed by atoms with E-state index >= 15 is 0 Å². The third-order valence-corrected chi connectivity index (χ3v) is 2.72. The summed E-state index contributed by atoms with van der Waals surface area (Å²) in [7, 11) is 0. The summed E-state index contributed by atoms with van der Waals surface area (Å²) in [5, 5.41) is 0. The van der Waals surface area contributed by atoms with Crippen LogP contribution in [0.3, 0.4) is 0 Å². The number of fused-ring (bicyclic) bond motifs is 2. The third-order valence-electron chi connectivity index (χ3n) is 2.53. The maximum absolute atomic E-state index is 11.4. The molecule has 2 aliphatic rings. The Balaban J connectivity index is 1.93. The van der Waals surface area contributed by atoms with Crippen LogP contribution in [0.1, 0.15) is 12.8 Å². The van der Waals surface area contributed by atoms with Gasteiger partial charge in [-0.15, -0.1) is 11.6 Å². The summed E-state index contributed by atoms with van der Waals surface area (Å²) in [6.45, 7) is 1.50. The zero-order valence-electron chi connectivity index (χ0n) is 6.83. The van der Waals surface area contributed by atoms with Gasteiger partial charge in [-0.05, 0) is 6.42 Å². The molecular weight excluding hydrogens is 178 g/mol. The maximum Gasteiger partial charge on any atom is 0.224 e. The molecule has 4 heteroatoms. The van der Waals surface area contributed by atoms with Crippen LogP contribution in [0.2, 0.25) is 0 Å². The number of likely N-dealkylation sites (tertiary alicyclic amines) is 1. The molecule has 2 saturated heterocycles. The lowest BCUT2D eigenvalue weighted by Gasteiger charge is -2.26. The highest BCUT2D eigenvalue weighted by Crippen LogP contribution is 2.27. The van der Waals surface area contributed by atoms with E-state index in [-0.39, 0.29) is 5.91 Å². The molecule has 68 valence electrons. The van der Waals surface area contributed by atoms with Crippen molar-refractivity contribution < 1.29 is 9.53 Å². The molecule has 0 radical (unpaired) electrons. The monoisotopic (exact) mass is 189 g/mol. The molecule has 1 amide bonds. The van der Waals surface area contributed by atoms with Crippen molar-refractivity contribution in [1.82, 2.24) is 4.90 Å². The molecule has 2 unspecified atom stereocenters. The first-order chi connectivity index (χ1) is 5.81. The van der Waals surface area contributed by atoms with Gasteiger partial charge in [0.25, 0.3) is 0 Å². The van der Waals surface area contributed by atoms with Crippen LogP contribution >= 0.6 is 11.6 Å². The summed E-state index contributed by atoms with van der Waals surface area (Å²) < 4.78 is 5.38. The van der Waals surface area contributed by atoms with Crippen LogP contribution in [-0.2, 0) is 9.53 Å². The topological polar surface area (TPSA) is 29.5 Å². The first kappa shape index (κ1) is 8.32. The van der Waals surface area contributed by atoms with Gasteiger partial charge in [0.15, 0.2) is 0 Å². The number of alkyl halides is 1. The number of hydrogen-bond donors (Lipinski definition) is 0. The Morgan fingerprint density at radius 3 is 3.00 bits per heavy atom. The van der Waals surface area contributed by atoms with Crippen LogP contribution < -0.4 is 0 Å². The highest BCUT2D eigenvalue weighted by molar-refractivity contribution is 6.18. The molecule has 3 nitrogen and oxygen atoms in total. The van der Waals surface area contributed by atoms with E-state index in [0.717, 1.165) is 19.6 Å². The SMILES string of the molecule is O=C(CCCl)N1CC2CC1CO2. The summed E-state index contributed by atoms with van der Waals surface area (Å²) in [6, 6.07) is 0.339. The minimum atomic E-state index is 0.181. The van der Waals surface area contributed by atoms with Crippen LogP contribution in [0.15, 0.2) is 0 Å². The molecule has 2 bridgehead atoms. The number of carbonyl (C=O) groups excluding carboxylic acids is 1. The maximum atomic E-state index is 11.4. The lowest BCUT2D eigenvalue weighted by Crippen LogP contribution is -2.41. The number of nitrogens with zero attached hydrogens (tertiary/aromatic N) is 1. The van der Waals surface area contributed by atoms with Crippen LogP contribution in [0, 0.1) is 0 Å². The van der Waals surface area contributed by atoms with Crippen molar-refractivity contribution in [3.63, 3.8) is 0 Å². The van der Waals surface area contributed by atoms with Gasteiger partial charge in [-0.2, -0.15) is 0 Å². The molecule has 0 aromatic carbocycles. The first-order valence-electron chi connectivity index (χ1n) is 4.28. The molecule has 2 aliphatic heterocycles. The summed E-state index contributed by atoms with van der Waals surface area (Å²) in [4.78, 5) is 13.3. The lowest BCUT2D eigenvalue weighted by molar-refractivity contribution is -0.135. The largest absolute Gasteiger partial charge is 0.374 e. The van der Waals surface area contributed by atoms with Crippen LogP contribution in [0.25, 0.3) is 0 Å². The Labute approximate surface area is 76.6 Å². The van der Waals surface area contributed by atoms with Crippen LogP contribution in [0.4, 0.5) is 0 Å². The number of ether oxygens (including phenoxy) is 1. The van der Waals surface area contributed by atoms with Crippen molar-refractivity contribution in [3.05, 3.63) is 0 Å². The predicted octanol–water partition coefficient (Wildman–Crippen LogP) is 0.615. The van der Waals surface area contributed by atoms with Gasteiger partial charge in [-0.1, -0.05) is 0 Å². The summed E-state index contributed by atoms with van der Waals surface area (Å²) in [6.07, 6.45) is 1.79. The molecule has 2 fully saturated rings. The minimum Gasteiger partial charge on any atom is -0.374 e. The van der Waals surface area contributed by atoms with E-state index in [4.69, 9.17) is 16.3 Å². The molecule has 0 aromatic rings. The zero-order chi connectivity index (χ0) is 8.55. The number of hydrogen-bond acceptors (Lipinski definition) is 2. The summed E-state index contributed by atoms with van der Waals surface area (Å²) in [5.41, 5.74) is 0. The van der Waals surface area contributed by atoms with E-state index in [1.807, 2.05) is 4.90 Å². The van der Waals surface area contributed by atoms with Crippen molar-refractivity contribution in [1.29, 1.82) is 0 Å². The van der Waals surface area contributed by atoms with Gasteiger partial charge in [-0.3, -0.25) is 4.79 Å². The average Bonchev–Trinajstić information content (AvgIpc) is 2.64. The summed E-state index contributed by atoms with van der Waals surface area (Å²) in [5.74, 6) is 0.605. The van der Waals surface area contributed by atoms with Gasteiger partial charge in [0.2, 0.25) is 5.91 Å². The van der Waals surface area contributed by atoms with E-state index in [2.05, 4.69) is 0 Å². The Morgan fingerprint density at radius 1 is 1.67 bits per heavy atom. The average molecular weight is 190 g/mol. The second kappa shape index (κ2) is 3.23. The van der Waals surface area contributed by atoms with Crippen molar-refractivity contribution in [3.8, 4) is 0 Å². The lowest BCUT2D eigenvalue weighted by atomic mass is 10.2. The number of carbonyl (C=O) groups is 1. The standard InChI is InChI=1S/C8H12ClNO2/c9-2-1-8(11)10-4-7-3-6(10)5-12-7/h6-7H,1-5H2. The molecule has 0 aromatic heterocycles. The Morgan fingerprint density at radius 2 is 2.50 bits per heavy atom. The molecular formula is C8H12ClNO2. The van der Waals surface area contributed by atoms with Gasteiger partial charge in [0.05, 0.1) is 18.8 Å². The molecule has 0 N–H and O–H groups in total. The predicted molar refractivity (Wildman–Crippen MR) is 45.2 cm³/mol. The second-order valence-corrected chi connectivity index (χ2v) is 3.71. The fourth-order valence-electron chi connectivity index (χ4n) is 1.93. The molecule has 0 saturated carbocycles. The van der Waals surface area contributed by atoms with Crippen molar-refractivity contribution in [2.24, 2.45) is 0 Å². The molecule has 2 rings (SSSR count). The summed E-state index contributed by atoms with van der Waals surface area (Å²) >= 11 is 5.50. The molecule has 12 heavy (non-hydrogen) atoms. The van der Waals surface area contributed by atoms with E-state index in [1.54, 1.807) is 0 Å². The normalized spacial score (nSPS) is 32.9. The van der Waals surface area contributed by atoms with Gasteiger partial charge in [0.1, 0.15) is 0 Å². The number of rotatable bonds is 2. The minimum absolute atomic E-state index is 0.181. The number of halogens is 1. The Bertz CT molecular complexity index is 197. The second-order valence-electron chi connectivity index (χ2n) is 3.33. The third kappa shape index (κ3) is 1.31. The number of morpholine rings is 1.